The van der Waals surface area contributed by atoms with Crippen molar-refractivity contribution in [3.05, 3.63) is 0 Å². The van der Waals surface area contributed by atoms with Gasteiger partial charge in [-0.3, -0.25) is 37.3 Å². The number of ether oxygens (including phenoxy) is 4. The Balaban J connectivity index is 5.14. The smallest absolute Gasteiger partial charge is 0.462 e. The molecule has 0 aromatic carbocycles. The second-order valence-corrected chi connectivity index (χ2v) is 32.8. The molecule has 17 nitrogen and oxygen atoms in total. The number of carbonyl (C=O) groups is 4. The Kier molecular flexibility index (Phi) is 71.2. The Labute approximate surface area is 613 Å². The van der Waals surface area contributed by atoms with Crippen molar-refractivity contribution in [3.8, 4) is 0 Å². The van der Waals surface area contributed by atoms with Gasteiger partial charge in [-0.15, -0.1) is 0 Å². The largest absolute Gasteiger partial charge is 0.472 e. The fourth-order valence-corrected chi connectivity index (χ4v) is 14.1. The van der Waals surface area contributed by atoms with Crippen molar-refractivity contribution in [2.75, 3.05) is 39.6 Å². The molecular weight excluding hydrogens is 1310 g/mol. The number of hydrogen-bond acceptors (Lipinski definition) is 15. The second kappa shape index (κ2) is 72.6. The molecule has 0 rings (SSSR count). The molecule has 0 amide bonds. The summed E-state index contributed by atoms with van der Waals surface area (Å²) in [5.41, 5.74) is 0. The van der Waals surface area contributed by atoms with Gasteiger partial charge in [-0.25, -0.2) is 9.13 Å². The van der Waals surface area contributed by atoms with Crippen LogP contribution < -0.4 is 0 Å². The highest BCUT2D eigenvalue weighted by atomic mass is 31.2. The van der Waals surface area contributed by atoms with Crippen LogP contribution in [0.25, 0.3) is 0 Å². The van der Waals surface area contributed by atoms with E-state index in [1.54, 1.807) is 0 Å². The molecule has 0 aromatic rings. The Morgan fingerprint density at radius 3 is 0.760 bits per heavy atom. The van der Waals surface area contributed by atoms with E-state index in [1.807, 2.05) is 0 Å². The van der Waals surface area contributed by atoms with Crippen LogP contribution in [0.4, 0.5) is 0 Å². The van der Waals surface area contributed by atoms with Gasteiger partial charge in [0.1, 0.15) is 19.3 Å². The van der Waals surface area contributed by atoms with Crippen LogP contribution in [0.15, 0.2) is 0 Å². The molecule has 0 saturated carbocycles. The van der Waals surface area contributed by atoms with Crippen LogP contribution in [-0.4, -0.2) is 96.7 Å². The highest BCUT2D eigenvalue weighted by molar-refractivity contribution is 7.47. The van der Waals surface area contributed by atoms with Gasteiger partial charge < -0.3 is 33.8 Å². The third kappa shape index (κ3) is 73.0. The van der Waals surface area contributed by atoms with E-state index in [0.717, 1.165) is 115 Å². The molecular formula is C81H158O17P2. The number of aliphatic hydroxyl groups excluding tert-OH is 1. The van der Waals surface area contributed by atoms with E-state index < -0.39 is 97.5 Å². The van der Waals surface area contributed by atoms with E-state index in [1.165, 1.54) is 231 Å². The summed E-state index contributed by atoms with van der Waals surface area (Å²) >= 11 is 0. The molecule has 3 N–H and O–H groups in total. The summed E-state index contributed by atoms with van der Waals surface area (Å²) in [5.74, 6) is -0.528. The number of phosphoric ester groups is 2. The summed E-state index contributed by atoms with van der Waals surface area (Å²) in [6, 6.07) is 0. The number of unbranched alkanes of at least 4 members (excludes halogenated alkanes) is 49. The highest BCUT2D eigenvalue weighted by Crippen LogP contribution is 2.45. The van der Waals surface area contributed by atoms with Gasteiger partial charge in [-0.05, 0) is 37.5 Å². The van der Waals surface area contributed by atoms with Crippen molar-refractivity contribution >= 4 is 39.5 Å². The lowest BCUT2D eigenvalue weighted by molar-refractivity contribution is -0.161. The zero-order valence-corrected chi connectivity index (χ0v) is 67.3. The van der Waals surface area contributed by atoms with Gasteiger partial charge >= 0.3 is 39.5 Å². The Hall–Kier alpha value is -1.94. The first-order valence-corrected chi connectivity index (χ1v) is 45.0. The molecule has 0 saturated heterocycles. The van der Waals surface area contributed by atoms with Crippen LogP contribution in [0.5, 0.6) is 0 Å². The standard InChI is InChI=1S/C81H158O17P2/c1-7-10-12-14-16-17-18-19-20-21-22-23-27-30-33-36-39-46-52-58-64-79(84)92-70-77(97-80(85)65-59-53-47-40-37-34-31-28-25-24-26-29-32-35-38-45-50-56-62-74(6)9-3)72-96-100(89,90)94-68-75(82)67-93-99(87,88)95-71-76(69-91-78(83)63-57-51-43-15-13-11-8-2)98-81(86)66-60-54-48-42-41-44-49-55-61-73(4)5/h73-77,82H,7-72H2,1-6H3,(H,87,88)(H,89,90)/t74?,75-,76+,77+/m0/s1. The van der Waals surface area contributed by atoms with Crippen LogP contribution in [-0.2, 0) is 65.4 Å². The van der Waals surface area contributed by atoms with Gasteiger partial charge in [0.2, 0.25) is 0 Å². The summed E-state index contributed by atoms with van der Waals surface area (Å²) in [7, 11) is -9.91. The highest BCUT2D eigenvalue weighted by Gasteiger charge is 2.30. The SMILES string of the molecule is CCCCCCCCCCCCCCCCCCCCCCC(=O)OC[C@H](COP(=O)(O)OC[C@@H](O)COP(=O)(O)OC[C@@H](COC(=O)CCCCCCCCC)OC(=O)CCCCCCCCCCC(C)C)OC(=O)CCCCCCCCCCCCCCCCCCCCC(C)CC. The summed E-state index contributed by atoms with van der Waals surface area (Å²) in [6.07, 6.45) is 62.8. The molecule has 3 unspecified atom stereocenters. The summed E-state index contributed by atoms with van der Waals surface area (Å²) in [5, 5.41) is 10.6. The lowest BCUT2D eigenvalue weighted by Crippen LogP contribution is -2.30. The zero-order chi connectivity index (χ0) is 73.5. The van der Waals surface area contributed by atoms with E-state index in [4.69, 9.17) is 37.0 Å². The minimum absolute atomic E-state index is 0.104. The maximum atomic E-state index is 13.1. The van der Waals surface area contributed by atoms with E-state index >= 15 is 0 Å². The Morgan fingerprint density at radius 1 is 0.290 bits per heavy atom. The molecule has 19 heteroatoms. The molecule has 0 bridgehead atoms. The number of phosphoric acid groups is 2. The van der Waals surface area contributed by atoms with Crippen LogP contribution in [0.1, 0.15) is 427 Å². The Bertz CT molecular complexity index is 1930. The minimum atomic E-state index is -4.96. The topological polar surface area (TPSA) is 237 Å². The molecule has 594 valence electrons. The average Bonchev–Trinajstić information content (AvgIpc) is 0.959. The van der Waals surface area contributed by atoms with Gasteiger partial charge in [0.25, 0.3) is 0 Å². The maximum Gasteiger partial charge on any atom is 0.472 e. The van der Waals surface area contributed by atoms with Crippen LogP contribution in [0.3, 0.4) is 0 Å². The normalized spacial score (nSPS) is 14.2. The number of esters is 4. The molecule has 100 heavy (non-hydrogen) atoms. The van der Waals surface area contributed by atoms with Crippen LogP contribution in [0.2, 0.25) is 0 Å². The quantitative estimate of drug-likeness (QED) is 0.0222. The predicted octanol–water partition coefficient (Wildman–Crippen LogP) is 24.3. The monoisotopic (exact) mass is 1470 g/mol. The van der Waals surface area contributed by atoms with Gasteiger partial charge in [0.05, 0.1) is 26.4 Å². The fourth-order valence-electron chi connectivity index (χ4n) is 12.5. The molecule has 0 aliphatic rings. The minimum Gasteiger partial charge on any atom is -0.462 e. The third-order valence-electron chi connectivity index (χ3n) is 19.3. The molecule has 6 atom stereocenters. The van der Waals surface area contributed by atoms with E-state index in [-0.39, 0.29) is 25.7 Å². The van der Waals surface area contributed by atoms with Crippen molar-refractivity contribution < 1.29 is 80.2 Å². The molecule has 0 aliphatic heterocycles. The number of rotatable bonds is 80. The lowest BCUT2D eigenvalue weighted by atomic mass is 9.99. The summed E-state index contributed by atoms with van der Waals surface area (Å²) in [4.78, 5) is 72.8. The van der Waals surface area contributed by atoms with Gasteiger partial charge in [-0.2, -0.15) is 0 Å². The molecule has 0 radical (unpaired) electrons. The zero-order valence-electron chi connectivity index (χ0n) is 65.5. The first-order chi connectivity index (χ1) is 48.4. The van der Waals surface area contributed by atoms with Gasteiger partial charge in [0.15, 0.2) is 12.2 Å². The predicted molar refractivity (Wildman–Crippen MR) is 409 cm³/mol. The first-order valence-electron chi connectivity index (χ1n) is 42.0. The molecule has 0 aliphatic carbocycles. The van der Waals surface area contributed by atoms with Crippen molar-refractivity contribution in [3.63, 3.8) is 0 Å². The number of carbonyl (C=O) groups excluding carboxylic acids is 4. The summed E-state index contributed by atoms with van der Waals surface area (Å²) < 4.78 is 68.5. The van der Waals surface area contributed by atoms with Gasteiger partial charge in [0, 0.05) is 25.7 Å². The lowest BCUT2D eigenvalue weighted by Gasteiger charge is -2.21. The van der Waals surface area contributed by atoms with Crippen LogP contribution >= 0.6 is 15.6 Å². The molecule has 0 aromatic heterocycles. The van der Waals surface area contributed by atoms with E-state index in [2.05, 4.69) is 41.5 Å². The van der Waals surface area contributed by atoms with Crippen molar-refractivity contribution in [2.45, 2.75) is 445 Å². The van der Waals surface area contributed by atoms with Crippen molar-refractivity contribution in [1.29, 1.82) is 0 Å². The summed E-state index contributed by atoms with van der Waals surface area (Å²) in [6.45, 7) is 9.60. The maximum absolute atomic E-state index is 13.1. The van der Waals surface area contributed by atoms with Crippen molar-refractivity contribution in [1.82, 2.24) is 0 Å². The average molecular weight is 1470 g/mol. The Morgan fingerprint density at radius 2 is 0.510 bits per heavy atom. The molecule has 0 fully saturated rings. The second-order valence-electron chi connectivity index (χ2n) is 29.9. The van der Waals surface area contributed by atoms with Gasteiger partial charge in [-0.1, -0.05) is 375 Å². The van der Waals surface area contributed by atoms with E-state index in [9.17, 15) is 43.2 Å². The van der Waals surface area contributed by atoms with E-state index in [0.29, 0.717) is 25.7 Å². The fraction of sp³-hybridized carbons (Fsp3) is 0.951. The number of hydrogen-bond donors (Lipinski definition) is 3. The molecule has 0 heterocycles. The molecule has 0 spiro atoms. The first kappa shape index (κ1) is 98.1. The van der Waals surface area contributed by atoms with Crippen LogP contribution in [0, 0.1) is 11.8 Å². The third-order valence-corrected chi connectivity index (χ3v) is 21.2. The number of aliphatic hydroxyl groups is 1. The van der Waals surface area contributed by atoms with Crippen molar-refractivity contribution in [2.24, 2.45) is 11.8 Å².